The van der Waals surface area contributed by atoms with E-state index >= 15 is 0 Å². The number of nitrogens with one attached hydrogen (secondary N) is 1. The Morgan fingerprint density at radius 1 is 1.04 bits per heavy atom. The lowest BCUT2D eigenvalue weighted by Crippen LogP contribution is -2.29. The van der Waals surface area contributed by atoms with Crippen molar-refractivity contribution in [3.8, 4) is 0 Å². The zero-order valence-corrected chi connectivity index (χ0v) is 16.1. The van der Waals surface area contributed by atoms with Gasteiger partial charge in [0.25, 0.3) is 0 Å². The Morgan fingerprint density at radius 2 is 1.79 bits per heavy atom. The molecule has 1 heterocycles. The second kappa shape index (κ2) is 5.77. The molecule has 2 aromatic carbocycles. The third-order valence-corrected chi connectivity index (χ3v) is 6.14. The van der Waals surface area contributed by atoms with Crippen LogP contribution in [0.15, 0.2) is 59.1 Å². The fourth-order valence-corrected chi connectivity index (χ4v) is 4.60. The zero-order chi connectivity index (χ0) is 16.9. The van der Waals surface area contributed by atoms with E-state index in [1.165, 1.54) is 22.4 Å². The molecule has 2 heteroatoms. The first-order valence-corrected chi connectivity index (χ1v) is 9.56. The van der Waals surface area contributed by atoms with Crippen LogP contribution in [0.2, 0.25) is 0 Å². The third kappa shape index (κ3) is 2.61. The van der Waals surface area contributed by atoms with Crippen molar-refractivity contribution >= 4 is 21.6 Å². The lowest BCUT2D eigenvalue weighted by molar-refractivity contribution is 0.425. The molecule has 24 heavy (non-hydrogen) atoms. The second-order valence-corrected chi connectivity index (χ2v) is 8.91. The first kappa shape index (κ1) is 16.0. The molecule has 0 saturated heterocycles. The number of fused-ring (bicyclic) bond motifs is 3. The standard InChI is InChI=1S/C22H24BrN/c1-22(2,3)15-12-10-14(11-13-15)20-17-7-4-6-16(17)18-8-5-9-19(23)21(18)24-20/h4-6,8-13,16-17,20,24H,7H2,1-3H3/t16-,17-,20+/m1/s1. The molecule has 1 aliphatic heterocycles. The topological polar surface area (TPSA) is 12.0 Å². The zero-order valence-electron chi connectivity index (χ0n) is 14.5. The van der Waals surface area contributed by atoms with Crippen LogP contribution in [0.4, 0.5) is 5.69 Å². The number of anilines is 1. The Labute approximate surface area is 153 Å². The van der Waals surface area contributed by atoms with Crippen LogP contribution in [0.1, 0.15) is 55.8 Å². The van der Waals surface area contributed by atoms with Crippen LogP contribution >= 0.6 is 15.9 Å². The average molecular weight is 382 g/mol. The molecule has 1 aliphatic carbocycles. The molecule has 2 aromatic rings. The Morgan fingerprint density at radius 3 is 2.50 bits per heavy atom. The average Bonchev–Trinajstić information content (AvgIpc) is 3.04. The minimum Gasteiger partial charge on any atom is -0.377 e. The highest BCUT2D eigenvalue weighted by Gasteiger charge is 2.38. The molecular formula is C22H24BrN. The third-order valence-electron chi connectivity index (χ3n) is 5.48. The van der Waals surface area contributed by atoms with Crippen LogP contribution in [0.5, 0.6) is 0 Å². The minimum atomic E-state index is 0.200. The van der Waals surface area contributed by atoms with E-state index in [-0.39, 0.29) is 5.41 Å². The van der Waals surface area contributed by atoms with Crippen molar-refractivity contribution in [2.75, 3.05) is 5.32 Å². The summed E-state index contributed by atoms with van der Waals surface area (Å²) in [7, 11) is 0. The summed E-state index contributed by atoms with van der Waals surface area (Å²) in [5.41, 5.74) is 5.67. The molecular weight excluding hydrogens is 358 g/mol. The fraction of sp³-hybridized carbons (Fsp3) is 0.364. The predicted octanol–water partition coefficient (Wildman–Crippen LogP) is 6.57. The van der Waals surface area contributed by atoms with Crippen LogP contribution in [-0.2, 0) is 5.41 Å². The van der Waals surface area contributed by atoms with Gasteiger partial charge in [-0.15, -0.1) is 0 Å². The molecule has 4 rings (SSSR count). The van der Waals surface area contributed by atoms with E-state index in [0.717, 1.165) is 10.9 Å². The van der Waals surface area contributed by atoms with E-state index < -0.39 is 0 Å². The quantitative estimate of drug-likeness (QED) is 0.550. The van der Waals surface area contributed by atoms with E-state index in [1.54, 1.807) is 0 Å². The summed E-state index contributed by atoms with van der Waals surface area (Å²) in [6.07, 6.45) is 5.89. The number of benzene rings is 2. The van der Waals surface area contributed by atoms with E-state index in [4.69, 9.17) is 0 Å². The molecule has 124 valence electrons. The van der Waals surface area contributed by atoms with Crippen LogP contribution in [-0.4, -0.2) is 0 Å². The van der Waals surface area contributed by atoms with E-state index in [0.29, 0.717) is 17.9 Å². The van der Waals surface area contributed by atoms with Gasteiger partial charge in [0.2, 0.25) is 0 Å². The number of halogens is 1. The van der Waals surface area contributed by atoms with Gasteiger partial charge in [-0.1, -0.05) is 69.3 Å². The minimum absolute atomic E-state index is 0.200. The summed E-state index contributed by atoms with van der Waals surface area (Å²) < 4.78 is 1.16. The van der Waals surface area contributed by atoms with Gasteiger partial charge in [0.1, 0.15) is 0 Å². The predicted molar refractivity (Wildman–Crippen MR) is 106 cm³/mol. The van der Waals surface area contributed by atoms with Crippen LogP contribution in [0, 0.1) is 5.92 Å². The summed E-state index contributed by atoms with van der Waals surface area (Å²) in [4.78, 5) is 0. The fourth-order valence-electron chi connectivity index (χ4n) is 4.10. The van der Waals surface area contributed by atoms with Crippen LogP contribution < -0.4 is 5.32 Å². The van der Waals surface area contributed by atoms with Crippen molar-refractivity contribution in [2.24, 2.45) is 5.92 Å². The maximum absolute atomic E-state index is 3.82. The SMILES string of the molecule is CC(C)(C)c1ccc([C@@H]2Nc3c(Br)cccc3[C@@H]3C=CC[C@H]32)cc1. The number of hydrogen-bond acceptors (Lipinski definition) is 1. The van der Waals surface area contributed by atoms with Crippen molar-refractivity contribution < 1.29 is 0 Å². The summed E-state index contributed by atoms with van der Waals surface area (Å²) in [5, 5.41) is 3.82. The number of hydrogen-bond donors (Lipinski definition) is 1. The number of rotatable bonds is 1. The molecule has 0 fully saturated rings. The second-order valence-electron chi connectivity index (χ2n) is 8.05. The van der Waals surface area contributed by atoms with Gasteiger partial charge in [0, 0.05) is 10.4 Å². The van der Waals surface area contributed by atoms with Crippen molar-refractivity contribution in [2.45, 2.75) is 44.6 Å². The molecule has 3 atom stereocenters. The normalized spacial score (nSPS) is 25.1. The Hall–Kier alpha value is -1.54. The van der Waals surface area contributed by atoms with Gasteiger partial charge in [-0.05, 0) is 56.4 Å². The van der Waals surface area contributed by atoms with E-state index in [1.807, 2.05) is 0 Å². The highest BCUT2D eigenvalue weighted by molar-refractivity contribution is 9.10. The summed E-state index contributed by atoms with van der Waals surface area (Å²) in [6.45, 7) is 6.81. The summed E-state index contributed by atoms with van der Waals surface area (Å²) >= 11 is 3.73. The van der Waals surface area contributed by atoms with Crippen LogP contribution in [0.3, 0.4) is 0 Å². The maximum atomic E-state index is 3.82. The monoisotopic (exact) mass is 381 g/mol. The molecule has 0 saturated carbocycles. The highest BCUT2D eigenvalue weighted by Crippen LogP contribution is 2.51. The first-order chi connectivity index (χ1) is 11.4. The van der Waals surface area contributed by atoms with Gasteiger partial charge in [-0.3, -0.25) is 0 Å². The van der Waals surface area contributed by atoms with E-state index in [2.05, 4.69) is 96.6 Å². The molecule has 0 unspecified atom stereocenters. The molecule has 1 nitrogen and oxygen atoms in total. The van der Waals surface area contributed by atoms with Crippen molar-refractivity contribution in [3.63, 3.8) is 0 Å². The van der Waals surface area contributed by atoms with Crippen molar-refractivity contribution in [1.29, 1.82) is 0 Å². The van der Waals surface area contributed by atoms with Gasteiger partial charge >= 0.3 is 0 Å². The molecule has 0 amide bonds. The van der Waals surface area contributed by atoms with Crippen molar-refractivity contribution in [3.05, 3.63) is 75.8 Å². The summed E-state index contributed by atoms with van der Waals surface area (Å²) in [5.74, 6) is 1.12. The Bertz CT molecular complexity index is 783. The van der Waals surface area contributed by atoms with Gasteiger partial charge in [-0.25, -0.2) is 0 Å². The molecule has 2 aliphatic rings. The highest BCUT2D eigenvalue weighted by atomic mass is 79.9. The number of para-hydroxylation sites is 1. The largest absolute Gasteiger partial charge is 0.377 e. The number of allylic oxidation sites excluding steroid dienone is 2. The van der Waals surface area contributed by atoms with Crippen LogP contribution in [0.25, 0.3) is 0 Å². The lowest BCUT2D eigenvalue weighted by Gasteiger charge is -2.38. The molecule has 0 bridgehead atoms. The van der Waals surface area contributed by atoms with Crippen molar-refractivity contribution in [1.82, 2.24) is 0 Å². The Balaban J connectivity index is 1.73. The van der Waals surface area contributed by atoms with Gasteiger partial charge < -0.3 is 5.32 Å². The van der Waals surface area contributed by atoms with E-state index in [9.17, 15) is 0 Å². The van der Waals surface area contributed by atoms with Gasteiger partial charge in [-0.2, -0.15) is 0 Å². The maximum Gasteiger partial charge on any atom is 0.0554 e. The van der Waals surface area contributed by atoms with Gasteiger partial charge in [0.05, 0.1) is 11.7 Å². The smallest absolute Gasteiger partial charge is 0.0554 e. The Kier molecular flexibility index (Phi) is 3.84. The molecule has 0 spiro atoms. The molecule has 1 N–H and O–H groups in total. The molecule has 0 radical (unpaired) electrons. The first-order valence-electron chi connectivity index (χ1n) is 8.77. The molecule has 0 aromatic heterocycles. The van der Waals surface area contributed by atoms with Gasteiger partial charge in [0.15, 0.2) is 0 Å². The lowest BCUT2D eigenvalue weighted by atomic mass is 9.76. The summed E-state index contributed by atoms with van der Waals surface area (Å²) in [6, 6.07) is 16.1.